The second-order valence-corrected chi connectivity index (χ2v) is 7.12. The molecule has 1 aromatic rings. The standard InChI is InChI=1S/C24H38O2.K.H/c1-2-3-4-5-6-7-8-9-10-11-12-13-14-15-19-22-24(25)26-23-20-17-16-18-21-23;;/h9-10,16-18,20-21H,2-8,11-15,19,22H2,1H3;;. The number of allylic oxidation sites excluding steroid dienone is 2. The molecule has 0 saturated carbocycles. The summed E-state index contributed by atoms with van der Waals surface area (Å²) in [5, 5.41) is 0. The zero-order valence-electron chi connectivity index (χ0n) is 16.8. The van der Waals surface area contributed by atoms with E-state index in [9.17, 15) is 4.79 Å². The second kappa shape index (κ2) is 20.8. The molecule has 148 valence electrons. The van der Waals surface area contributed by atoms with Gasteiger partial charge in [-0.15, -0.1) is 0 Å². The number of para-hydroxylation sites is 1. The van der Waals surface area contributed by atoms with Crippen LogP contribution in [0.5, 0.6) is 5.75 Å². The average molecular weight is 399 g/mol. The van der Waals surface area contributed by atoms with Crippen molar-refractivity contribution < 1.29 is 9.53 Å². The van der Waals surface area contributed by atoms with Gasteiger partial charge in [0.1, 0.15) is 5.75 Å². The summed E-state index contributed by atoms with van der Waals surface area (Å²) in [6.07, 6.45) is 21.7. The Kier molecular flexibility index (Phi) is 20.8. The summed E-state index contributed by atoms with van der Waals surface area (Å²) in [7, 11) is 0. The van der Waals surface area contributed by atoms with E-state index in [0.29, 0.717) is 12.2 Å². The number of rotatable bonds is 16. The monoisotopic (exact) mass is 398 g/mol. The van der Waals surface area contributed by atoms with E-state index in [4.69, 9.17) is 4.74 Å². The van der Waals surface area contributed by atoms with E-state index < -0.39 is 0 Å². The maximum atomic E-state index is 11.7. The van der Waals surface area contributed by atoms with Crippen LogP contribution in [0.4, 0.5) is 0 Å². The molecule has 0 heterocycles. The van der Waals surface area contributed by atoms with Gasteiger partial charge in [0.05, 0.1) is 0 Å². The second-order valence-electron chi connectivity index (χ2n) is 7.12. The molecule has 0 fully saturated rings. The van der Waals surface area contributed by atoms with Gasteiger partial charge in [-0.2, -0.15) is 0 Å². The van der Waals surface area contributed by atoms with Crippen LogP contribution in [0.25, 0.3) is 0 Å². The normalized spacial score (nSPS) is 10.7. The number of hydrogen-bond acceptors (Lipinski definition) is 2. The Morgan fingerprint density at radius 3 is 1.89 bits per heavy atom. The zero-order valence-corrected chi connectivity index (χ0v) is 16.8. The summed E-state index contributed by atoms with van der Waals surface area (Å²) in [4.78, 5) is 11.7. The molecule has 27 heavy (non-hydrogen) atoms. The summed E-state index contributed by atoms with van der Waals surface area (Å²) >= 11 is 0. The van der Waals surface area contributed by atoms with Crippen LogP contribution < -0.4 is 4.74 Å². The van der Waals surface area contributed by atoms with Crippen LogP contribution >= 0.6 is 0 Å². The quantitative estimate of drug-likeness (QED) is 0.0986. The first-order chi connectivity index (χ1) is 12.8. The summed E-state index contributed by atoms with van der Waals surface area (Å²) in [5.41, 5.74) is 0. The van der Waals surface area contributed by atoms with Crippen LogP contribution in [0.3, 0.4) is 0 Å². The van der Waals surface area contributed by atoms with E-state index in [1.54, 1.807) is 0 Å². The van der Waals surface area contributed by atoms with Crippen molar-refractivity contribution in [2.24, 2.45) is 0 Å². The zero-order chi connectivity index (χ0) is 18.7. The fourth-order valence-electron chi connectivity index (χ4n) is 3.01. The first-order valence-corrected chi connectivity index (χ1v) is 10.7. The van der Waals surface area contributed by atoms with E-state index in [2.05, 4.69) is 19.1 Å². The van der Waals surface area contributed by atoms with Crippen molar-refractivity contribution in [2.45, 2.75) is 96.8 Å². The molecule has 0 atom stereocenters. The molecule has 0 aromatic heterocycles. The van der Waals surface area contributed by atoms with Crippen molar-refractivity contribution >= 4 is 57.4 Å². The Morgan fingerprint density at radius 1 is 0.778 bits per heavy atom. The molecule has 0 unspecified atom stereocenters. The average Bonchev–Trinajstić information content (AvgIpc) is 2.65. The van der Waals surface area contributed by atoms with Gasteiger partial charge in [-0.1, -0.05) is 88.6 Å². The van der Waals surface area contributed by atoms with Crippen LogP contribution in [-0.2, 0) is 4.79 Å². The molecule has 0 spiro atoms. The molecule has 0 aliphatic rings. The third kappa shape index (κ3) is 17.9. The van der Waals surface area contributed by atoms with Crippen molar-refractivity contribution in [3.63, 3.8) is 0 Å². The van der Waals surface area contributed by atoms with Gasteiger partial charge >= 0.3 is 57.4 Å². The topological polar surface area (TPSA) is 26.3 Å². The molecule has 0 aliphatic carbocycles. The summed E-state index contributed by atoms with van der Waals surface area (Å²) in [6, 6.07) is 9.31. The molecule has 0 N–H and O–H groups in total. The number of carbonyl (C=O) groups excluding carboxylic acids is 1. The number of benzene rings is 1. The first-order valence-electron chi connectivity index (χ1n) is 10.7. The van der Waals surface area contributed by atoms with E-state index in [1.165, 1.54) is 70.6 Å². The fraction of sp³-hybridized carbons (Fsp3) is 0.625. The van der Waals surface area contributed by atoms with Crippen LogP contribution in [0, 0.1) is 0 Å². The van der Waals surface area contributed by atoms with Gasteiger partial charge in [-0.05, 0) is 44.2 Å². The van der Waals surface area contributed by atoms with Gasteiger partial charge in [0.2, 0.25) is 0 Å². The van der Waals surface area contributed by atoms with E-state index >= 15 is 0 Å². The number of esters is 1. The fourth-order valence-corrected chi connectivity index (χ4v) is 3.01. The Bertz CT molecular complexity index is 471. The van der Waals surface area contributed by atoms with Gasteiger partial charge in [-0.3, -0.25) is 4.79 Å². The predicted molar refractivity (Wildman–Crippen MR) is 119 cm³/mol. The van der Waals surface area contributed by atoms with Gasteiger partial charge in [0, 0.05) is 6.42 Å². The van der Waals surface area contributed by atoms with Crippen molar-refractivity contribution in [3.05, 3.63) is 42.5 Å². The number of unbranched alkanes of at least 4 members (excludes halogenated alkanes) is 11. The third-order valence-electron chi connectivity index (χ3n) is 4.62. The molecule has 1 aromatic carbocycles. The molecule has 0 saturated heterocycles. The molecule has 0 bridgehead atoms. The van der Waals surface area contributed by atoms with Crippen molar-refractivity contribution in [1.29, 1.82) is 0 Å². The summed E-state index contributed by atoms with van der Waals surface area (Å²) in [5.74, 6) is 0.527. The Morgan fingerprint density at radius 2 is 1.30 bits per heavy atom. The number of ether oxygens (including phenoxy) is 1. The van der Waals surface area contributed by atoms with Crippen molar-refractivity contribution in [1.82, 2.24) is 0 Å². The van der Waals surface area contributed by atoms with Crippen LogP contribution in [0.2, 0.25) is 0 Å². The molecular weight excluding hydrogens is 359 g/mol. The summed E-state index contributed by atoms with van der Waals surface area (Å²) in [6.45, 7) is 2.27. The molecule has 0 amide bonds. The predicted octanol–water partition coefficient (Wildman–Crippen LogP) is 6.98. The van der Waals surface area contributed by atoms with E-state index in [-0.39, 0.29) is 57.4 Å². The first kappa shape index (κ1) is 27.1. The van der Waals surface area contributed by atoms with Gasteiger partial charge in [-0.25, -0.2) is 0 Å². The van der Waals surface area contributed by atoms with E-state index in [0.717, 1.165) is 12.8 Å². The number of carbonyl (C=O) groups is 1. The maximum absolute atomic E-state index is 11.7. The van der Waals surface area contributed by atoms with Crippen LogP contribution in [0.15, 0.2) is 42.5 Å². The third-order valence-corrected chi connectivity index (χ3v) is 4.62. The molecule has 2 nitrogen and oxygen atoms in total. The van der Waals surface area contributed by atoms with Crippen molar-refractivity contribution in [3.8, 4) is 5.75 Å². The van der Waals surface area contributed by atoms with Crippen molar-refractivity contribution in [2.75, 3.05) is 0 Å². The van der Waals surface area contributed by atoms with Crippen LogP contribution in [0.1, 0.15) is 96.8 Å². The summed E-state index contributed by atoms with van der Waals surface area (Å²) < 4.78 is 5.29. The molecule has 3 heteroatoms. The van der Waals surface area contributed by atoms with E-state index in [1.807, 2.05) is 30.3 Å². The van der Waals surface area contributed by atoms with Gasteiger partial charge in [0.15, 0.2) is 0 Å². The molecule has 0 radical (unpaired) electrons. The number of hydrogen-bond donors (Lipinski definition) is 0. The Labute approximate surface area is 210 Å². The minimum absolute atomic E-state index is 0. The molecule has 1 rings (SSSR count). The minimum atomic E-state index is -0.117. The molecular formula is C24H39KO2. The SMILES string of the molecule is CCCCCCCCC=CCCCCCCCC(=O)Oc1ccccc1.[KH]. The van der Waals surface area contributed by atoms with Crippen LogP contribution in [-0.4, -0.2) is 57.4 Å². The van der Waals surface area contributed by atoms with Gasteiger partial charge in [0.25, 0.3) is 0 Å². The van der Waals surface area contributed by atoms with Gasteiger partial charge < -0.3 is 4.74 Å². The molecule has 0 aliphatic heterocycles. The Balaban J connectivity index is 0.00000676. The Hall–Kier alpha value is 0.0664.